The van der Waals surface area contributed by atoms with E-state index >= 15 is 0 Å². The van der Waals surface area contributed by atoms with E-state index in [1.54, 1.807) is 0 Å². The smallest absolute Gasteiger partial charge is 0.184 e. The van der Waals surface area contributed by atoms with Gasteiger partial charge in [0.25, 0.3) is 0 Å². The molecule has 0 amide bonds. The highest BCUT2D eigenvalue weighted by Crippen LogP contribution is 2.28. The largest absolute Gasteiger partial charge is 0.394 e. The van der Waals surface area contributed by atoms with Crippen molar-refractivity contribution in [3.63, 3.8) is 0 Å². The van der Waals surface area contributed by atoms with Crippen molar-refractivity contribution < 1.29 is 29.6 Å². The van der Waals surface area contributed by atoms with Crippen molar-refractivity contribution in [1.82, 2.24) is 0 Å². The Morgan fingerprint density at radius 3 is 2.47 bits per heavy atom. The van der Waals surface area contributed by atoms with E-state index < -0.39 is 36.8 Å². The molecule has 0 aromatic heterocycles. The lowest BCUT2D eigenvalue weighted by atomic mass is 9.94. The molecule has 1 aliphatic carbocycles. The van der Waals surface area contributed by atoms with E-state index in [-0.39, 0.29) is 11.4 Å². The van der Waals surface area contributed by atoms with Crippen LogP contribution in [0.4, 0.5) is 0 Å². The zero-order valence-electron chi connectivity index (χ0n) is 8.81. The second kappa shape index (κ2) is 4.50. The molecule has 1 fully saturated rings. The minimum absolute atomic E-state index is 0. The summed E-state index contributed by atoms with van der Waals surface area (Å²) >= 11 is 0. The Bertz CT molecular complexity index is 410. The van der Waals surface area contributed by atoms with Crippen LogP contribution in [0.15, 0.2) is 23.8 Å². The van der Waals surface area contributed by atoms with Crippen molar-refractivity contribution >= 4 is 11.6 Å². The Morgan fingerprint density at radius 1 is 1.18 bits per heavy atom. The number of aliphatic hydroxyl groups is 3. The molecule has 1 unspecified atom stereocenters. The maximum atomic E-state index is 11.5. The van der Waals surface area contributed by atoms with E-state index in [9.17, 15) is 19.8 Å². The normalized spacial score (nSPS) is 37.5. The zero-order valence-corrected chi connectivity index (χ0v) is 8.81. The van der Waals surface area contributed by atoms with Gasteiger partial charge in [-0.05, 0) is 18.2 Å². The van der Waals surface area contributed by atoms with Crippen LogP contribution in [-0.2, 0) is 14.3 Å². The van der Waals surface area contributed by atoms with Gasteiger partial charge in [0.2, 0.25) is 0 Å². The molecule has 2 aliphatic rings. The number of aliphatic hydroxyl groups excluding tert-OH is 3. The molecule has 6 nitrogen and oxygen atoms in total. The van der Waals surface area contributed by atoms with Crippen molar-refractivity contribution in [3.8, 4) is 0 Å². The van der Waals surface area contributed by atoms with Crippen molar-refractivity contribution in [2.45, 2.75) is 24.4 Å². The Kier molecular flexibility index (Phi) is 3.21. The summed E-state index contributed by atoms with van der Waals surface area (Å²) in [5.41, 5.74) is 0. The number of carbonyl (C=O) groups excluding carboxylic acids is 2. The van der Waals surface area contributed by atoms with E-state index in [1.807, 2.05) is 0 Å². The molecule has 2 rings (SSSR count). The number of rotatable bonds is 2. The standard InChI is InChI=1S/C11H12O6/c12-4-8-9(15)10(16)11(17-8)6-3-5(13)1-2-7(6)14/h1-3,8-12,15-16H,4H2/t8-,9-,10-,11?/m1/s1. The first kappa shape index (κ1) is 12.1. The zero-order chi connectivity index (χ0) is 12.6. The van der Waals surface area contributed by atoms with Gasteiger partial charge in [0.1, 0.15) is 24.4 Å². The summed E-state index contributed by atoms with van der Waals surface area (Å²) in [6.07, 6.45) is -1.36. The predicted octanol–water partition coefficient (Wildman–Crippen LogP) is -1.90. The lowest BCUT2D eigenvalue weighted by molar-refractivity contribution is -0.116. The molecule has 0 radical (unpaired) electrons. The maximum Gasteiger partial charge on any atom is 0.184 e. The van der Waals surface area contributed by atoms with E-state index in [1.165, 1.54) is 0 Å². The Balaban J connectivity index is 2.24. The lowest BCUT2D eigenvalue weighted by Gasteiger charge is -2.17. The minimum Gasteiger partial charge on any atom is -0.394 e. The molecule has 0 aromatic carbocycles. The Morgan fingerprint density at radius 2 is 1.88 bits per heavy atom. The second-order valence-corrected chi connectivity index (χ2v) is 3.96. The number of hydrogen-bond acceptors (Lipinski definition) is 6. The summed E-state index contributed by atoms with van der Waals surface area (Å²) in [7, 11) is 0. The van der Waals surface area contributed by atoms with Crippen LogP contribution in [-0.4, -0.2) is 57.9 Å². The first-order valence-corrected chi connectivity index (χ1v) is 5.15. The van der Waals surface area contributed by atoms with Crippen LogP contribution < -0.4 is 0 Å². The summed E-state index contributed by atoms with van der Waals surface area (Å²) in [5, 5.41) is 28.1. The topological polar surface area (TPSA) is 104 Å². The third kappa shape index (κ3) is 2.07. The highest BCUT2D eigenvalue weighted by atomic mass is 16.6. The molecule has 3 N–H and O–H groups in total. The van der Waals surface area contributed by atoms with E-state index in [0.717, 1.165) is 18.2 Å². The summed E-state index contributed by atoms with van der Waals surface area (Å²) in [4.78, 5) is 22.7. The van der Waals surface area contributed by atoms with Gasteiger partial charge in [0, 0.05) is 5.57 Å². The van der Waals surface area contributed by atoms with Crippen LogP contribution in [0.1, 0.15) is 0 Å². The van der Waals surface area contributed by atoms with Gasteiger partial charge in [0.05, 0.1) is 6.61 Å². The number of ketones is 2. The summed E-state index contributed by atoms with van der Waals surface area (Å²) < 4.78 is 5.17. The molecule has 0 aromatic rings. The molecule has 17 heavy (non-hydrogen) atoms. The third-order valence-corrected chi connectivity index (χ3v) is 2.83. The summed E-state index contributed by atoms with van der Waals surface area (Å²) in [6, 6.07) is 0. The molecule has 1 heterocycles. The molecule has 4 atom stereocenters. The quantitative estimate of drug-likeness (QED) is 0.487. The van der Waals surface area contributed by atoms with Gasteiger partial charge < -0.3 is 20.1 Å². The van der Waals surface area contributed by atoms with Crippen molar-refractivity contribution in [1.29, 1.82) is 0 Å². The maximum absolute atomic E-state index is 11.5. The van der Waals surface area contributed by atoms with Gasteiger partial charge in [-0.1, -0.05) is 0 Å². The average Bonchev–Trinajstić information content (AvgIpc) is 2.59. The molecule has 1 aliphatic heterocycles. The van der Waals surface area contributed by atoms with Crippen molar-refractivity contribution in [2.75, 3.05) is 6.61 Å². The summed E-state index contributed by atoms with van der Waals surface area (Å²) in [6.45, 7) is -0.472. The third-order valence-electron chi connectivity index (χ3n) is 2.83. The molecule has 0 spiro atoms. The van der Waals surface area contributed by atoms with Crippen molar-refractivity contribution in [2.24, 2.45) is 0 Å². The Labute approximate surface area is 96.8 Å². The first-order chi connectivity index (χ1) is 8.04. The molecule has 92 valence electrons. The van der Waals surface area contributed by atoms with Gasteiger partial charge in [0.15, 0.2) is 11.6 Å². The van der Waals surface area contributed by atoms with Gasteiger partial charge in [-0.25, -0.2) is 0 Å². The fourth-order valence-corrected chi connectivity index (χ4v) is 1.91. The fraction of sp³-hybridized carbons (Fsp3) is 0.455. The molecular formula is C11H12O6. The van der Waals surface area contributed by atoms with Gasteiger partial charge in [-0.2, -0.15) is 0 Å². The highest BCUT2D eigenvalue weighted by molar-refractivity contribution is 6.17. The lowest BCUT2D eigenvalue weighted by Crippen LogP contribution is -2.35. The molecule has 0 saturated carbocycles. The van der Waals surface area contributed by atoms with Crippen LogP contribution in [0.3, 0.4) is 0 Å². The first-order valence-electron chi connectivity index (χ1n) is 5.15. The SMILES string of the molecule is O=C1C=CC(=O)C(C2O[C@H](CO)[C@@H](O)[C@H]2O)=C1. The van der Waals surface area contributed by atoms with Crippen LogP contribution in [0.5, 0.6) is 0 Å². The highest BCUT2D eigenvalue weighted by Gasteiger charge is 2.45. The van der Waals surface area contributed by atoms with Crippen molar-refractivity contribution in [3.05, 3.63) is 23.8 Å². The average molecular weight is 240 g/mol. The number of allylic oxidation sites excluding steroid dienone is 3. The molecule has 0 bridgehead atoms. The monoisotopic (exact) mass is 240 g/mol. The fourth-order valence-electron chi connectivity index (χ4n) is 1.91. The van der Waals surface area contributed by atoms with Crippen LogP contribution in [0.2, 0.25) is 0 Å². The van der Waals surface area contributed by atoms with Gasteiger partial charge >= 0.3 is 0 Å². The molecular weight excluding hydrogens is 228 g/mol. The summed E-state index contributed by atoms with van der Waals surface area (Å²) in [5.74, 6) is -0.822. The van der Waals surface area contributed by atoms with Crippen LogP contribution >= 0.6 is 0 Å². The number of hydrogen-bond donors (Lipinski definition) is 3. The van der Waals surface area contributed by atoms with E-state index in [2.05, 4.69) is 0 Å². The van der Waals surface area contributed by atoms with E-state index in [4.69, 9.17) is 9.84 Å². The van der Waals surface area contributed by atoms with Gasteiger partial charge in [-0.15, -0.1) is 0 Å². The number of carbonyl (C=O) groups is 2. The van der Waals surface area contributed by atoms with Gasteiger partial charge in [-0.3, -0.25) is 9.59 Å². The van der Waals surface area contributed by atoms with Crippen LogP contribution in [0, 0.1) is 0 Å². The van der Waals surface area contributed by atoms with Crippen LogP contribution in [0.25, 0.3) is 0 Å². The second-order valence-electron chi connectivity index (χ2n) is 3.96. The number of ether oxygens (including phenoxy) is 1. The molecule has 6 heteroatoms. The molecule has 1 saturated heterocycles. The Hall–Kier alpha value is -1.34. The van der Waals surface area contributed by atoms with E-state index in [0.29, 0.717) is 0 Å². The predicted molar refractivity (Wildman–Crippen MR) is 55.0 cm³/mol. The minimum atomic E-state index is -1.33.